The van der Waals surface area contributed by atoms with Crippen LogP contribution in [0.5, 0.6) is 5.75 Å². The summed E-state index contributed by atoms with van der Waals surface area (Å²) in [6.45, 7) is 18.6. The van der Waals surface area contributed by atoms with E-state index in [1.807, 2.05) is 27.7 Å². The quantitative estimate of drug-likeness (QED) is 0.361. The zero-order valence-electron chi connectivity index (χ0n) is 20.0. The number of aryl methyl sites for hydroxylation is 1. The molecule has 0 saturated carbocycles. The molecule has 0 radical (unpaired) electrons. The lowest BCUT2D eigenvalue weighted by Gasteiger charge is -2.09. The topological polar surface area (TPSA) is 112 Å². The average molecular weight is 451 g/mol. The number of carbonyl (C=O) groups is 3. The number of alkyl halides is 1. The highest BCUT2D eigenvalue weighted by Gasteiger charge is 2.27. The summed E-state index contributed by atoms with van der Waals surface area (Å²) in [6.07, 6.45) is 0.266. The lowest BCUT2D eigenvalue weighted by molar-refractivity contribution is -0.153. The van der Waals surface area contributed by atoms with Gasteiger partial charge in [-0.3, -0.25) is 9.59 Å². The number of benzene rings is 1. The van der Waals surface area contributed by atoms with Gasteiger partial charge >= 0.3 is 12.3 Å². The second-order valence-electron chi connectivity index (χ2n) is 6.35. The molecule has 1 atom stereocenters. The Morgan fingerprint density at radius 1 is 1.31 bits per heavy atom. The van der Waals surface area contributed by atoms with E-state index in [4.69, 9.17) is 15.6 Å². The van der Waals surface area contributed by atoms with Gasteiger partial charge in [-0.2, -0.15) is 4.39 Å². The number of Topliss-reactive ketones (excluding diaryl/α,β-unsaturated/α-hetero) is 1. The zero-order chi connectivity index (χ0) is 25.6. The lowest BCUT2D eigenvalue weighted by Crippen LogP contribution is -2.24. The van der Waals surface area contributed by atoms with E-state index in [9.17, 15) is 18.8 Å². The number of halogens is 1. The highest BCUT2D eigenvalue weighted by molar-refractivity contribution is 6.45. The Hall–Kier alpha value is -3.42. The van der Waals surface area contributed by atoms with Gasteiger partial charge in [-0.25, -0.2) is 4.79 Å². The molecule has 0 spiro atoms. The van der Waals surface area contributed by atoms with E-state index in [0.717, 1.165) is 6.42 Å². The van der Waals surface area contributed by atoms with Gasteiger partial charge in [-0.15, -0.1) is 13.2 Å². The third-order valence-corrected chi connectivity index (χ3v) is 3.96. The number of nitrogens with two attached hydrogens (primary N) is 1. The van der Waals surface area contributed by atoms with Crippen molar-refractivity contribution >= 4 is 28.6 Å². The van der Waals surface area contributed by atoms with Crippen molar-refractivity contribution in [3.05, 3.63) is 54.3 Å². The summed E-state index contributed by atoms with van der Waals surface area (Å²) in [5.41, 5.74) is 7.17. The van der Waals surface area contributed by atoms with Crippen molar-refractivity contribution in [2.24, 2.45) is 12.8 Å². The number of ketones is 1. The Labute approximate surface area is 189 Å². The van der Waals surface area contributed by atoms with Gasteiger partial charge in [0.25, 0.3) is 11.7 Å². The Kier molecular flexibility index (Phi) is 14.8. The van der Waals surface area contributed by atoms with Crippen LogP contribution in [0.15, 0.2) is 43.0 Å². The number of carbonyl (C=O) groups excluding carboxylic acids is 2. The number of hydrogen-bond donors (Lipinski definition) is 2. The smallest absolute Gasteiger partial charge is 0.378 e. The van der Waals surface area contributed by atoms with Gasteiger partial charge in [0.05, 0.1) is 16.5 Å². The second kappa shape index (κ2) is 15.4. The minimum atomic E-state index is -2.59. The third kappa shape index (κ3) is 8.75. The number of nitrogens with zero attached hydrogens (tertiary/aromatic N) is 1. The first-order chi connectivity index (χ1) is 14.9. The first-order valence-corrected chi connectivity index (χ1v) is 10.1. The Bertz CT molecular complexity index is 948. The molecule has 1 aromatic heterocycles. The first kappa shape index (κ1) is 30.8. The molecule has 8 heteroatoms. The molecule has 1 aromatic carbocycles. The molecule has 0 aliphatic heterocycles. The van der Waals surface area contributed by atoms with E-state index in [0.29, 0.717) is 11.2 Å². The van der Waals surface area contributed by atoms with Crippen LogP contribution in [-0.4, -0.2) is 33.7 Å². The van der Waals surface area contributed by atoms with Crippen molar-refractivity contribution in [3.8, 4) is 5.75 Å². The zero-order valence-corrected chi connectivity index (χ0v) is 20.0. The summed E-state index contributed by atoms with van der Waals surface area (Å²) in [4.78, 5) is 33.8. The van der Waals surface area contributed by atoms with Crippen LogP contribution < -0.4 is 10.5 Å². The van der Waals surface area contributed by atoms with Gasteiger partial charge in [0.2, 0.25) is 0 Å². The SMILES string of the molecule is C=C(C)CC.C=CC.CC.Cc1c(C(=O)C(N)=O)c2c(OC(F)C(=O)O)cccc2n1C. The third-order valence-electron chi connectivity index (χ3n) is 3.96. The van der Waals surface area contributed by atoms with Crippen LogP contribution in [0.25, 0.3) is 10.9 Å². The highest BCUT2D eigenvalue weighted by Crippen LogP contribution is 2.34. The molecule has 0 saturated heterocycles. The van der Waals surface area contributed by atoms with Crippen LogP contribution in [0.1, 0.15) is 57.1 Å². The molecule has 0 fully saturated rings. The van der Waals surface area contributed by atoms with Crippen molar-refractivity contribution in [1.29, 1.82) is 0 Å². The first-order valence-electron chi connectivity index (χ1n) is 10.1. The number of carboxylic acid groups (broad SMARTS) is 1. The Morgan fingerprint density at radius 2 is 1.78 bits per heavy atom. The van der Waals surface area contributed by atoms with Crippen LogP contribution in [0.4, 0.5) is 4.39 Å². The number of ether oxygens (including phenoxy) is 1. The fourth-order valence-corrected chi connectivity index (χ4v) is 2.24. The van der Waals surface area contributed by atoms with Gasteiger partial charge < -0.3 is 20.1 Å². The highest BCUT2D eigenvalue weighted by atomic mass is 19.1. The molecule has 7 nitrogen and oxygen atoms in total. The molecule has 0 bridgehead atoms. The number of amides is 1. The number of carboxylic acids is 1. The number of aromatic nitrogens is 1. The molecule has 3 N–H and O–H groups in total. The summed E-state index contributed by atoms with van der Waals surface area (Å²) < 4.78 is 19.7. The predicted octanol–water partition coefficient (Wildman–Crippen LogP) is 5.10. The Balaban J connectivity index is 0. The number of rotatable bonds is 6. The van der Waals surface area contributed by atoms with Crippen LogP contribution in [-0.2, 0) is 16.6 Å². The van der Waals surface area contributed by atoms with Crippen LogP contribution in [0.3, 0.4) is 0 Å². The monoisotopic (exact) mass is 450 g/mol. The fraction of sp³-hybridized carbons (Fsp3) is 0.375. The minimum Gasteiger partial charge on any atom is -0.476 e. The van der Waals surface area contributed by atoms with Gasteiger partial charge in [0.15, 0.2) is 0 Å². The molecule has 2 rings (SSSR count). The van der Waals surface area contributed by atoms with E-state index in [1.54, 1.807) is 30.7 Å². The summed E-state index contributed by atoms with van der Waals surface area (Å²) in [5.74, 6) is -4.07. The van der Waals surface area contributed by atoms with E-state index < -0.39 is 24.0 Å². The van der Waals surface area contributed by atoms with Crippen LogP contribution in [0, 0.1) is 6.92 Å². The second-order valence-corrected chi connectivity index (χ2v) is 6.35. The standard InChI is InChI=1S/C14H13FN2O5.C5H10.C3H6.C2H6/c1-6-9(11(18)13(16)19)10-7(17(6)2)4-3-5-8(10)22-12(15)14(20)21;1-4-5(2)3;1-3-2;1-2/h3-5,12H,1-2H3,(H2,16,19)(H,20,21);2,4H2,1,3H3;3H,1H2,2H3;1-2H3. The summed E-state index contributed by atoms with van der Waals surface area (Å²) in [6, 6.07) is 4.46. The van der Waals surface area contributed by atoms with Crippen LogP contribution in [0.2, 0.25) is 0 Å². The molecule has 178 valence electrons. The van der Waals surface area contributed by atoms with E-state index >= 15 is 0 Å². The molecule has 0 aliphatic carbocycles. The number of fused-ring (bicyclic) bond motifs is 1. The van der Waals surface area contributed by atoms with Gasteiger partial charge in [0.1, 0.15) is 5.75 Å². The summed E-state index contributed by atoms with van der Waals surface area (Å²) >= 11 is 0. The molecule has 1 heterocycles. The van der Waals surface area contributed by atoms with Crippen molar-refractivity contribution in [1.82, 2.24) is 4.57 Å². The minimum absolute atomic E-state index is 0.0295. The summed E-state index contributed by atoms with van der Waals surface area (Å²) in [7, 11) is 1.64. The maximum atomic E-state index is 13.3. The molecule has 2 aromatic rings. The van der Waals surface area contributed by atoms with Crippen molar-refractivity contribution in [2.75, 3.05) is 0 Å². The van der Waals surface area contributed by atoms with Crippen molar-refractivity contribution in [2.45, 2.75) is 54.3 Å². The van der Waals surface area contributed by atoms with E-state index in [2.05, 4.69) is 20.1 Å². The average Bonchev–Trinajstić information content (AvgIpc) is 3.01. The number of hydrogen-bond acceptors (Lipinski definition) is 4. The van der Waals surface area contributed by atoms with Gasteiger partial charge in [-0.05, 0) is 39.3 Å². The number of allylic oxidation sites excluding steroid dienone is 2. The number of aliphatic carboxylic acids is 1. The molecule has 1 amide bonds. The van der Waals surface area contributed by atoms with Gasteiger partial charge in [-0.1, -0.05) is 38.5 Å². The van der Waals surface area contributed by atoms with Gasteiger partial charge in [0, 0.05) is 12.7 Å². The maximum Gasteiger partial charge on any atom is 0.378 e. The molecular formula is C24H35FN2O5. The van der Waals surface area contributed by atoms with Crippen molar-refractivity contribution in [3.63, 3.8) is 0 Å². The molecule has 1 unspecified atom stereocenters. The lowest BCUT2D eigenvalue weighted by atomic mass is 10.1. The molecular weight excluding hydrogens is 415 g/mol. The molecule has 32 heavy (non-hydrogen) atoms. The maximum absolute atomic E-state index is 13.3. The Morgan fingerprint density at radius 3 is 2.16 bits per heavy atom. The van der Waals surface area contributed by atoms with E-state index in [1.165, 1.54) is 17.7 Å². The predicted molar refractivity (Wildman–Crippen MR) is 127 cm³/mol. The van der Waals surface area contributed by atoms with E-state index in [-0.39, 0.29) is 16.7 Å². The number of primary amides is 1. The largest absolute Gasteiger partial charge is 0.476 e. The van der Waals surface area contributed by atoms with Crippen molar-refractivity contribution < 1.29 is 28.6 Å². The normalized spacial score (nSPS) is 10.1. The summed E-state index contributed by atoms with van der Waals surface area (Å²) in [5, 5.41) is 8.74. The molecule has 0 aliphatic rings. The van der Waals surface area contributed by atoms with Crippen LogP contribution >= 0.6 is 0 Å². The fourth-order valence-electron chi connectivity index (χ4n) is 2.24.